The molecule has 0 saturated carbocycles. The first-order chi connectivity index (χ1) is 8.20. The summed E-state index contributed by atoms with van der Waals surface area (Å²) < 4.78 is 13.2. The summed E-state index contributed by atoms with van der Waals surface area (Å²) in [7, 11) is 0. The number of hydrogen-bond donors (Lipinski definition) is 0. The molecule has 17 heavy (non-hydrogen) atoms. The Bertz CT molecular complexity index is 513. The molecule has 0 bridgehead atoms. The summed E-state index contributed by atoms with van der Waals surface area (Å²) in [6.45, 7) is 1.94. The van der Waals surface area contributed by atoms with Gasteiger partial charge in [-0.2, -0.15) is 0 Å². The van der Waals surface area contributed by atoms with Gasteiger partial charge in [0.1, 0.15) is 15.8 Å². The number of alkyl halides is 1. The molecule has 0 spiro atoms. The van der Waals surface area contributed by atoms with Gasteiger partial charge >= 0.3 is 0 Å². The van der Waals surface area contributed by atoms with Crippen molar-refractivity contribution in [2.24, 2.45) is 0 Å². The van der Waals surface area contributed by atoms with Gasteiger partial charge in [0, 0.05) is 17.9 Å². The summed E-state index contributed by atoms with van der Waals surface area (Å²) in [6.07, 6.45) is 1.72. The zero-order chi connectivity index (χ0) is 12.3. The lowest BCUT2D eigenvalue weighted by Gasteiger charge is -2.00. The molecule has 2 nitrogen and oxygen atoms in total. The van der Waals surface area contributed by atoms with Crippen LogP contribution in [0.25, 0.3) is 10.6 Å². The van der Waals surface area contributed by atoms with E-state index in [2.05, 4.69) is 10.2 Å². The van der Waals surface area contributed by atoms with E-state index in [1.54, 1.807) is 6.07 Å². The van der Waals surface area contributed by atoms with Crippen LogP contribution < -0.4 is 0 Å². The van der Waals surface area contributed by atoms with Gasteiger partial charge in [-0.05, 0) is 31.0 Å². The molecule has 0 radical (unpaired) electrons. The van der Waals surface area contributed by atoms with E-state index in [1.165, 1.54) is 23.5 Å². The number of hydrogen-bond acceptors (Lipinski definition) is 3. The molecule has 0 unspecified atom stereocenters. The maximum atomic E-state index is 13.2. The van der Waals surface area contributed by atoms with Crippen LogP contribution in [0, 0.1) is 12.7 Å². The normalized spacial score (nSPS) is 10.8. The zero-order valence-corrected chi connectivity index (χ0v) is 11.0. The number of halogens is 2. The summed E-state index contributed by atoms with van der Waals surface area (Å²) in [5.74, 6) is 0.372. The van der Waals surface area contributed by atoms with Gasteiger partial charge in [0.25, 0.3) is 0 Å². The van der Waals surface area contributed by atoms with E-state index < -0.39 is 0 Å². The summed E-state index contributed by atoms with van der Waals surface area (Å²) >= 11 is 7.13. The van der Waals surface area contributed by atoms with Crippen LogP contribution in [0.2, 0.25) is 0 Å². The van der Waals surface area contributed by atoms with Gasteiger partial charge < -0.3 is 0 Å². The molecule has 0 saturated heterocycles. The maximum absolute atomic E-state index is 13.2. The number of rotatable bonds is 4. The van der Waals surface area contributed by atoms with Gasteiger partial charge in [-0.3, -0.25) is 0 Å². The predicted octanol–water partition coefficient (Wildman–Crippen LogP) is 3.82. The molecule has 0 fully saturated rings. The third-order valence-corrected chi connectivity index (χ3v) is 3.70. The van der Waals surface area contributed by atoms with Gasteiger partial charge in [-0.25, -0.2) is 4.39 Å². The van der Waals surface area contributed by atoms with Crippen molar-refractivity contribution in [3.05, 3.63) is 34.6 Å². The standard InChI is InChI=1S/C12H12ClFN2S/c1-8-4-5-9(14)7-10(8)12-16-15-11(17-12)3-2-6-13/h4-5,7H,2-3,6H2,1H3. The molecule has 0 atom stereocenters. The SMILES string of the molecule is Cc1ccc(F)cc1-c1nnc(CCCCl)s1. The van der Waals surface area contributed by atoms with E-state index >= 15 is 0 Å². The Morgan fingerprint density at radius 1 is 1.35 bits per heavy atom. The third-order valence-electron chi connectivity index (χ3n) is 2.42. The molecular weight excluding hydrogens is 259 g/mol. The van der Waals surface area contributed by atoms with Crippen molar-refractivity contribution < 1.29 is 4.39 Å². The number of benzene rings is 1. The largest absolute Gasteiger partial charge is 0.207 e. The second kappa shape index (κ2) is 5.56. The maximum Gasteiger partial charge on any atom is 0.148 e. The molecule has 1 aromatic carbocycles. The Hall–Kier alpha value is -1.00. The molecule has 90 valence electrons. The summed E-state index contributed by atoms with van der Waals surface area (Å²) in [6, 6.07) is 4.71. The molecule has 0 aliphatic carbocycles. The molecule has 0 aliphatic heterocycles. The smallest absolute Gasteiger partial charge is 0.148 e. The lowest BCUT2D eigenvalue weighted by Crippen LogP contribution is -1.85. The second-order valence-corrected chi connectivity index (χ2v) is 5.19. The van der Waals surface area contributed by atoms with Gasteiger partial charge in [0.2, 0.25) is 0 Å². The van der Waals surface area contributed by atoms with Crippen molar-refractivity contribution in [1.29, 1.82) is 0 Å². The molecule has 0 N–H and O–H groups in total. The van der Waals surface area contributed by atoms with E-state index in [-0.39, 0.29) is 5.82 Å². The topological polar surface area (TPSA) is 25.8 Å². The summed E-state index contributed by atoms with van der Waals surface area (Å²) in [5.41, 5.74) is 1.83. The number of aromatic nitrogens is 2. The van der Waals surface area contributed by atoms with E-state index in [9.17, 15) is 4.39 Å². The van der Waals surface area contributed by atoms with E-state index in [4.69, 9.17) is 11.6 Å². The van der Waals surface area contributed by atoms with E-state index in [0.29, 0.717) is 5.88 Å². The fraction of sp³-hybridized carbons (Fsp3) is 0.333. The molecule has 5 heteroatoms. The van der Waals surface area contributed by atoms with Crippen LogP contribution in [-0.2, 0) is 6.42 Å². The van der Waals surface area contributed by atoms with Crippen LogP contribution in [0.4, 0.5) is 4.39 Å². The summed E-state index contributed by atoms with van der Waals surface area (Å²) in [4.78, 5) is 0. The minimum atomic E-state index is -0.247. The first-order valence-corrected chi connectivity index (χ1v) is 6.70. The molecule has 0 aliphatic rings. The fourth-order valence-electron chi connectivity index (χ4n) is 1.51. The molecule has 2 aromatic rings. The van der Waals surface area contributed by atoms with Crippen molar-refractivity contribution in [2.75, 3.05) is 5.88 Å². The predicted molar refractivity (Wildman–Crippen MR) is 69.1 cm³/mol. The molecular formula is C12H12ClFN2S. The Morgan fingerprint density at radius 3 is 2.94 bits per heavy atom. The van der Waals surface area contributed by atoms with Crippen molar-refractivity contribution in [1.82, 2.24) is 10.2 Å². The van der Waals surface area contributed by atoms with Crippen LogP contribution in [0.3, 0.4) is 0 Å². The Kier molecular flexibility index (Phi) is 4.07. The average Bonchev–Trinajstić information content (AvgIpc) is 2.78. The Labute approximate surface area is 108 Å². The lowest BCUT2D eigenvalue weighted by molar-refractivity contribution is 0.628. The van der Waals surface area contributed by atoms with Crippen molar-refractivity contribution in [3.63, 3.8) is 0 Å². The highest BCUT2D eigenvalue weighted by atomic mass is 35.5. The zero-order valence-electron chi connectivity index (χ0n) is 9.41. The van der Waals surface area contributed by atoms with Gasteiger partial charge in [0.05, 0.1) is 0 Å². The minimum absolute atomic E-state index is 0.247. The first-order valence-electron chi connectivity index (χ1n) is 5.35. The highest BCUT2D eigenvalue weighted by molar-refractivity contribution is 7.14. The van der Waals surface area contributed by atoms with Crippen molar-refractivity contribution in [3.8, 4) is 10.6 Å². The quantitative estimate of drug-likeness (QED) is 0.789. The Balaban J connectivity index is 2.27. The molecule has 2 rings (SSSR count). The van der Waals surface area contributed by atoms with Crippen LogP contribution in [0.15, 0.2) is 18.2 Å². The van der Waals surface area contributed by atoms with Gasteiger partial charge in [-0.15, -0.1) is 21.8 Å². The fourth-order valence-corrected chi connectivity index (χ4v) is 2.60. The van der Waals surface area contributed by atoms with E-state index in [0.717, 1.165) is 34.0 Å². The first kappa shape index (κ1) is 12.5. The van der Waals surface area contributed by atoms with Gasteiger partial charge in [0.15, 0.2) is 0 Å². The average molecular weight is 271 g/mol. The Morgan fingerprint density at radius 2 is 2.18 bits per heavy atom. The lowest BCUT2D eigenvalue weighted by atomic mass is 10.1. The highest BCUT2D eigenvalue weighted by Crippen LogP contribution is 2.27. The second-order valence-electron chi connectivity index (χ2n) is 3.75. The van der Waals surface area contributed by atoms with E-state index in [1.807, 2.05) is 6.92 Å². The molecule has 1 heterocycles. The van der Waals surface area contributed by atoms with Crippen LogP contribution in [0.5, 0.6) is 0 Å². The minimum Gasteiger partial charge on any atom is -0.207 e. The third kappa shape index (κ3) is 3.01. The highest BCUT2D eigenvalue weighted by Gasteiger charge is 2.09. The molecule has 1 aromatic heterocycles. The summed E-state index contributed by atoms with van der Waals surface area (Å²) in [5, 5.41) is 9.91. The molecule has 0 amide bonds. The number of aryl methyl sites for hydroxylation is 2. The van der Waals surface area contributed by atoms with Crippen molar-refractivity contribution >= 4 is 22.9 Å². The number of nitrogens with zero attached hydrogens (tertiary/aromatic N) is 2. The van der Waals surface area contributed by atoms with Crippen LogP contribution >= 0.6 is 22.9 Å². The van der Waals surface area contributed by atoms with Gasteiger partial charge in [-0.1, -0.05) is 17.4 Å². The van der Waals surface area contributed by atoms with Crippen LogP contribution in [-0.4, -0.2) is 16.1 Å². The van der Waals surface area contributed by atoms with Crippen molar-refractivity contribution in [2.45, 2.75) is 19.8 Å². The van der Waals surface area contributed by atoms with Crippen LogP contribution in [0.1, 0.15) is 17.0 Å². The monoisotopic (exact) mass is 270 g/mol.